The summed E-state index contributed by atoms with van der Waals surface area (Å²) in [7, 11) is 0. The molecule has 1 fully saturated rings. The maximum Gasteiger partial charge on any atom is 0.227 e. The molecule has 1 N–H and O–H groups in total. The first-order valence-corrected chi connectivity index (χ1v) is 8.96. The molecule has 1 aliphatic rings. The highest BCUT2D eigenvalue weighted by molar-refractivity contribution is 7.08. The fourth-order valence-corrected chi connectivity index (χ4v) is 3.99. The van der Waals surface area contributed by atoms with E-state index in [4.69, 9.17) is 0 Å². The van der Waals surface area contributed by atoms with Gasteiger partial charge in [-0.2, -0.15) is 11.3 Å². The second kappa shape index (κ2) is 6.16. The number of piperidine rings is 1. The summed E-state index contributed by atoms with van der Waals surface area (Å²) in [5.41, 5.74) is 3.34. The van der Waals surface area contributed by atoms with Crippen LogP contribution in [0.4, 0.5) is 0 Å². The van der Waals surface area contributed by atoms with E-state index in [-0.39, 0.29) is 5.91 Å². The number of amides is 1. The first-order valence-electron chi connectivity index (χ1n) is 8.02. The van der Waals surface area contributed by atoms with Gasteiger partial charge in [0, 0.05) is 36.3 Å². The number of fused-ring (bicyclic) bond motifs is 1. The first-order chi connectivity index (χ1) is 11.3. The van der Waals surface area contributed by atoms with Gasteiger partial charge in [0.1, 0.15) is 5.65 Å². The molecule has 0 aromatic carbocycles. The lowest BCUT2D eigenvalue weighted by Gasteiger charge is -2.31. The number of nitrogens with zero attached hydrogens (tertiary/aromatic N) is 2. The summed E-state index contributed by atoms with van der Waals surface area (Å²) in [5, 5.41) is 5.25. The van der Waals surface area contributed by atoms with Gasteiger partial charge in [-0.15, -0.1) is 0 Å². The molecule has 23 heavy (non-hydrogen) atoms. The summed E-state index contributed by atoms with van der Waals surface area (Å²) < 4.78 is 0. The summed E-state index contributed by atoms with van der Waals surface area (Å²) in [6.07, 6.45) is 4.38. The van der Waals surface area contributed by atoms with E-state index in [2.05, 4.69) is 27.5 Å². The molecule has 0 bridgehead atoms. The van der Waals surface area contributed by atoms with Crippen molar-refractivity contribution < 1.29 is 4.79 Å². The van der Waals surface area contributed by atoms with Gasteiger partial charge in [-0.05, 0) is 53.4 Å². The summed E-state index contributed by atoms with van der Waals surface area (Å²) in [6, 6.07) is 8.29. The Balaban J connectivity index is 1.39. The van der Waals surface area contributed by atoms with Gasteiger partial charge in [-0.3, -0.25) is 4.79 Å². The van der Waals surface area contributed by atoms with E-state index < -0.39 is 0 Å². The van der Waals surface area contributed by atoms with E-state index in [1.165, 1.54) is 11.1 Å². The van der Waals surface area contributed by atoms with Gasteiger partial charge in [0.2, 0.25) is 5.91 Å². The van der Waals surface area contributed by atoms with Crippen LogP contribution in [0.5, 0.6) is 0 Å². The van der Waals surface area contributed by atoms with Gasteiger partial charge in [0.25, 0.3) is 0 Å². The molecule has 0 saturated carbocycles. The number of H-pyrrole nitrogens is 1. The Labute approximate surface area is 139 Å². The zero-order valence-electron chi connectivity index (χ0n) is 12.9. The average molecular weight is 325 g/mol. The van der Waals surface area contributed by atoms with Crippen LogP contribution in [0.1, 0.15) is 30.0 Å². The molecule has 3 aromatic heterocycles. The van der Waals surface area contributed by atoms with E-state index in [1.54, 1.807) is 11.3 Å². The van der Waals surface area contributed by atoms with Gasteiger partial charge in [0.05, 0.1) is 6.42 Å². The second-order valence-electron chi connectivity index (χ2n) is 6.13. The van der Waals surface area contributed by atoms with Crippen LogP contribution in [0, 0.1) is 0 Å². The first kappa shape index (κ1) is 14.5. The van der Waals surface area contributed by atoms with Gasteiger partial charge >= 0.3 is 0 Å². The number of carbonyl (C=O) groups excluding carboxylic acids is 1. The van der Waals surface area contributed by atoms with Crippen LogP contribution >= 0.6 is 11.3 Å². The highest BCUT2D eigenvalue weighted by Crippen LogP contribution is 2.29. The lowest BCUT2D eigenvalue weighted by Crippen LogP contribution is -2.38. The topological polar surface area (TPSA) is 49.0 Å². The van der Waals surface area contributed by atoms with Crippen molar-refractivity contribution in [3.8, 4) is 0 Å². The van der Waals surface area contributed by atoms with Gasteiger partial charge in [-0.25, -0.2) is 4.98 Å². The zero-order chi connectivity index (χ0) is 15.6. The molecule has 0 radical (unpaired) electrons. The number of rotatable bonds is 3. The fourth-order valence-electron chi connectivity index (χ4n) is 3.32. The molecular formula is C18H19N3OS. The van der Waals surface area contributed by atoms with Crippen molar-refractivity contribution >= 4 is 28.3 Å². The molecule has 118 valence electrons. The minimum absolute atomic E-state index is 0.250. The molecular weight excluding hydrogens is 306 g/mol. The summed E-state index contributed by atoms with van der Waals surface area (Å²) in [5.74, 6) is 0.745. The SMILES string of the molecule is O=C(Cc1ccsc1)N1CCC(c2cc3cccnc3[nH]2)CC1. The highest BCUT2D eigenvalue weighted by Gasteiger charge is 2.25. The number of carbonyl (C=O) groups is 1. The number of thiophene rings is 1. The molecule has 0 unspecified atom stereocenters. The van der Waals surface area contributed by atoms with Crippen molar-refractivity contribution in [2.45, 2.75) is 25.2 Å². The number of pyridine rings is 1. The summed E-state index contributed by atoms with van der Waals surface area (Å²) in [6.45, 7) is 1.69. The van der Waals surface area contributed by atoms with Crippen LogP contribution in [-0.4, -0.2) is 33.9 Å². The van der Waals surface area contributed by atoms with E-state index in [0.29, 0.717) is 12.3 Å². The zero-order valence-corrected chi connectivity index (χ0v) is 13.7. The Bertz CT molecular complexity index is 768. The molecule has 4 rings (SSSR count). The molecule has 1 saturated heterocycles. The quantitative estimate of drug-likeness (QED) is 0.800. The second-order valence-corrected chi connectivity index (χ2v) is 6.91. The number of aromatic amines is 1. The minimum Gasteiger partial charge on any atom is -0.343 e. The largest absolute Gasteiger partial charge is 0.343 e. The molecule has 1 aliphatic heterocycles. The third-order valence-electron chi connectivity index (χ3n) is 4.64. The van der Waals surface area contributed by atoms with Crippen LogP contribution in [0.25, 0.3) is 11.0 Å². The number of hydrogen-bond donors (Lipinski definition) is 1. The van der Waals surface area contributed by atoms with Crippen molar-refractivity contribution in [2.75, 3.05) is 13.1 Å². The van der Waals surface area contributed by atoms with Crippen molar-refractivity contribution in [3.05, 3.63) is 52.5 Å². The molecule has 4 nitrogen and oxygen atoms in total. The van der Waals surface area contributed by atoms with E-state index in [9.17, 15) is 4.79 Å². The summed E-state index contributed by atoms with van der Waals surface area (Å²) in [4.78, 5) is 22.2. The maximum absolute atomic E-state index is 12.4. The molecule has 0 aliphatic carbocycles. The Morgan fingerprint density at radius 1 is 1.35 bits per heavy atom. The Hall–Kier alpha value is -2.14. The predicted molar refractivity (Wildman–Crippen MR) is 92.7 cm³/mol. The minimum atomic E-state index is 0.250. The van der Waals surface area contributed by atoms with Crippen LogP contribution in [-0.2, 0) is 11.2 Å². The van der Waals surface area contributed by atoms with Crippen LogP contribution in [0.3, 0.4) is 0 Å². The van der Waals surface area contributed by atoms with Crippen LogP contribution in [0.2, 0.25) is 0 Å². The van der Waals surface area contributed by atoms with E-state index in [0.717, 1.165) is 37.1 Å². The predicted octanol–water partition coefficient (Wildman–Crippen LogP) is 3.57. The number of likely N-dealkylation sites (tertiary alicyclic amines) is 1. The van der Waals surface area contributed by atoms with Crippen molar-refractivity contribution in [2.24, 2.45) is 0 Å². The van der Waals surface area contributed by atoms with Crippen molar-refractivity contribution in [1.82, 2.24) is 14.9 Å². The Morgan fingerprint density at radius 3 is 2.96 bits per heavy atom. The maximum atomic E-state index is 12.4. The lowest BCUT2D eigenvalue weighted by atomic mass is 9.93. The van der Waals surface area contributed by atoms with Crippen molar-refractivity contribution in [3.63, 3.8) is 0 Å². The number of hydrogen-bond acceptors (Lipinski definition) is 3. The third-order valence-corrected chi connectivity index (χ3v) is 5.37. The molecule has 3 aromatic rings. The number of nitrogens with one attached hydrogen (secondary N) is 1. The molecule has 1 amide bonds. The standard InChI is InChI=1S/C18H19N3OS/c22-17(10-13-5-9-23-12-13)21-7-3-14(4-8-21)16-11-15-2-1-6-19-18(15)20-16/h1-2,5-6,9,11-12,14H,3-4,7-8,10H2,(H,19,20). The van der Waals surface area contributed by atoms with Crippen LogP contribution < -0.4 is 0 Å². The number of aromatic nitrogens is 2. The fraction of sp³-hybridized carbons (Fsp3) is 0.333. The normalized spacial score (nSPS) is 16.1. The van der Waals surface area contributed by atoms with Crippen LogP contribution in [0.15, 0.2) is 41.2 Å². The van der Waals surface area contributed by atoms with Gasteiger partial charge in [0.15, 0.2) is 0 Å². The molecule has 4 heterocycles. The molecule has 5 heteroatoms. The smallest absolute Gasteiger partial charge is 0.227 e. The Morgan fingerprint density at radius 2 is 2.22 bits per heavy atom. The monoisotopic (exact) mass is 325 g/mol. The molecule has 0 spiro atoms. The van der Waals surface area contributed by atoms with Gasteiger partial charge in [-0.1, -0.05) is 0 Å². The van der Waals surface area contributed by atoms with Gasteiger partial charge < -0.3 is 9.88 Å². The Kier molecular flexibility index (Phi) is 3.87. The average Bonchev–Trinajstić information content (AvgIpc) is 3.24. The highest BCUT2D eigenvalue weighted by atomic mass is 32.1. The lowest BCUT2D eigenvalue weighted by molar-refractivity contribution is -0.131. The van der Waals surface area contributed by atoms with E-state index in [1.807, 2.05) is 28.6 Å². The van der Waals surface area contributed by atoms with Crippen molar-refractivity contribution in [1.29, 1.82) is 0 Å². The summed E-state index contributed by atoms with van der Waals surface area (Å²) >= 11 is 1.65. The van der Waals surface area contributed by atoms with E-state index >= 15 is 0 Å². The molecule has 0 atom stereocenters. The third kappa shape index (κ3) is 3.01.